The number of benzene rings is 1. The number of aromatic nitrogens is 1. The Morgan fingerprint density at radius 1 is 1.35 bits per heavy atom. The van der Waals surface area contributed by atoms with Gasteiger partial charge in [-0.2, -0.15) is 0 Å². The van der Waals surface area contributed by atoms with Crippen LogP contribution in [-0.2, 0) is 6.42 Å². The maximum absolute atomic E-state index is 12.4. The number of carbonyl (C=O) groups is 1. The van der Waals surface area contributed by atoms with Crippen LogP contribution < -0.4 is 4.90 Å². The Morgan fingerprint density at radius 3 is 2.90 bits per heavy atom. The van der Waals surface area contributed by atoms with Crippen molar-refractivity contribution in [3.63, 3.8) is 0 Å². The van der Waals surface area contributed by atoms with Gasteiger partial charge in [-0.25, -0.2) is 0 Å². The van der Waals surface area contributed by atoms with Crippen molar-refractivity contribution in [2.45, 2.75) is 6.42 Å². The summed E-state index contributed by atoms with van der Waals surface area (Å²) in [6, 6.07) is 8.01. The first-order valence-electron chi connectivity index (χ1n) is 6.16. The molecule has 0 fully saturated rings. The molecule has 0 spiro atoms. The van der Waals surface area contributed by atoms with E-state index in [-0.39, 0.29) is 11.6 Å². The molecule has 1 aromatic carbocycles. The number of non-ortho nitro benzene ring substituents is 1. The van der Waals surface area contributed by atoms with Gasteiger partial charge in [-0.15, -0.1) is 0 Å². The van der Waals surface area contributed by atoms with Gasteiger partial charge in [0, 0.05) is 31.1 Å². The fourth-order valence-corrected chi connectivity index (χ4v) is 2.34. The fourth-order valence-electron chi connectivity index (χ4n) is 2.34. The molecular formula is C14H11N3O3. The van der Waals surface area contributed by atoms with Crippen molar-refractivity contribution in [1.82, 2.24) is 4.98 Å². The molecule has 3 rings (SSSR count). The van der Waals surface area contributed by atoms with Crippen molar-refractivity contribution in [2.24, 2.45) is 0 Å². The third kappa shape index (κ3) is 2.01. The number of anilines is 1. The second-order valence-corrected chi connectivity index (χ2v) is 4.52. The van der Waals surface area contributed by atoms with E-state index in [1.165, 1.54) is 18.3 Å². The Balaban J connectivity index is 1.98. The Bertz CT molecular complexity index is 685. The summed E-state index contributed by atoms with van der Waals surface area (Å²) in [5.74, 6) is -0.183. The molecule has 2 aromatic rings. The summed E-state index contributed by atoms with van der Waals surface area (Å²) in [6.07, 6.45) is 3.80. The van der Waals surface area contributed by atoms with Gasteiger partial charge in [0.25, 0.3) is 11.6 Å². The number of carbonyl (C=O) groups excluding carboxylic acids is 1. The minimum Gasteiger partial charge on any atom is -0.307 e. The number of amides is 1. The first-order chi connectivity index (χ1) is 9.66. The summed E-state index contributed by atoms with van der Waals surface area (Å²) in [6.45, 7) is 0.532. The summed E-state index contributed by atoms with van der Waals surface area (Å²) in [5, 5.41) is 10.8. The van der Waals surface area contributed by atoms with Crippen LogP contribution in [0, 0.1) is 10.1 Å². The zero-order valence-corrected chi connectivity index (χ0v) is 10.5. The number of rotatable bonds is 2. The molecule has 1 aliphatic heterocycles. The number of nitrogens with zero attached hydrogens (tertiary/aromatic N) is 3. The first-order valence-corrected chi connectivity index (χ1v) is 6.16. The summed E-state index contributed by atoms with van der Waals surface area (Å²) < 4.78 is 0. The average Bonchev–Trinajstić information content (AvgIpc) is 2.90. The number of fused-ring (bicyclic) bond motifs is 1. The number of nitro groups is 1. The molecule has 100 valence electrons. The maximum atomic E-state index is 12.4. The lowest BCUT2D eigenvalue weighted by atomic mass is 10.1. The highest BCUT2D eigenvalue weighted by molar-refractivity contribution is 6.07. The minimum atomic E-state index is -0.453. The molecule has 0 bridgehead atoms. The van der Waals surface area contributed by atoms with Gasteiger partial charge >= 0.3 is 0 Å². The molecule has 0 aliphatic carbocycles. The van der Waals surface area contributed by atoms with Crippen LogP contribution in [0.2, 0.25) is 0 Å². The SMILES string of the molecule is O=C(c1cccnc1)N1CCc2ccc([N+](=O)[O-])cc21. The molecule has 0 radical (unpaired) electrons. The van der Waals surface area contributed by atoms with Gasteiger partial charge in [-0.05, 0) is 24.1 Å². The van der Waals surface area contributed by atoms with E-state index in [1.807, 2.05) is 0 Å². The maximum Gasteiger partial charge on any atom is 0.271 e. The third-order valence-electron chi connectivity index (χ3n) is 3.33. The number of pyridine rings is 1. The van der Waals surface area contributed by atoms with Crippen molar-refractivity contribution in [3.05, 3.63) is 64.0 Å². The lowest BCUT2D eigenvalue weighted by Gasteiger charge is -2.16. The molecule has 6 nitrogen and oxygen atoms in total. The van der Waals surface area contributed by atoms with Crippen LogP contribution >= 0.6 is 0 Å². The van der Waals surface area contributed by atoms with E-state index in [4.69, 9.17) is 0 Å². The van der Waals surface area contributed by atoms with E-state index in [2.05, 4.69) is 4.98 Å². The second kappa shape index (κ2) is 4.73. The number of hydrogen-bond acceptors (Lipinski definition) is 4. The molecule has 1 amide bonds. The van der Waals surface area contributed by atoms with Crippen molar-refractivity contribution < 1.29 is 9.72 Å². The van der Waals surface area contributed by atoms with Gasteiger partial charge in [-0.1, -0.05) is 6.07 Å². The first kappa shape index (κ1) is 12.3. The molecule has 20 heavy (non-hydrogen) atoms. The molecular weight excluding hydrogens is 258 g/mol. The molecule has 2 heterocycles. The van der Waals surface area contributed by atoms with Gasteiger partial charge < -0.3 is 4.90 Å². The zero-order chi connectivity index (χ0) is 14.1. The largest absolute Gasteiger partial charge is 0.307 e. The average molecular weight is 269 g/mol. The molecule has 6 heteroatoms. The van der Waals surface area contributed by atoms with E-state index < -0.39 is 4.92 Å². The topological polar surface area (TPSA) is 76.3 Å². The van der Waals surface area contributed by atoms with E-state index >= 15 is 0 Å². The van der Waals surface area contributed by atoms with Gasteiger partial charge in [0.05, 0.1) is 16.2 Å². The van der Waals surface area contributed by atoms with Crippen LogP contribution in [0.5, 0.6) is 0 Å². The van der Waals surface area contributed by atoms with Crippen LogP contribution in [0.4, 0.5) is 11.4 Å². The van der Waals surface area contributed by atoms with E-state index in [1.54, 1.807) is 29.3 Å². The second-order valence-electron chi connectivity index (χ2n) is 4.52. The molecule has 0 unspecified atom stereocenters. The van der Waals surface area contributed by atoms with Gasteiger partial charge in [0.15, 0.2) is 0 Å². The highest BCUT2D eigenvalue weighted by Gasteiger charge is 2.27. The molecule has 1 aliphatic rings. The van der Waals surface area contributed by atoms with Crippen LogP contribution in [0.3, 0.4) is 0 Å². The summed E-state index contributed by atoms with van der Waals surface area (Å²) in [4.78, 5) is 28.3. The van der Waals surface area contributed by atoms with Crippen LogP contribution in [0.1, 0.15) is 15.9 Å². The Labute approximate surface area is 114 Å². The number of hydrogen-bond donors (Lipinski definition) is 0. The highest BCUT2D eigenvalue weighted by atomic mass is 16.6. The quantitative estimate of drug-likeness (QED) is 0.618. The minimum absolute atomic E-state index is 0.00497. The van der Waals surface area contributed by atoms with E-state index in [9.17, 15) is 14.9 Å². The van der Waals surface area contributed by atoms with E-state index in [0.717, 1.165) is 5.56 Å². The number of nitro benzene ring substituents is 1. The molecule has 0 atom stereocenters. The lowest BCUT2D eigenvalue weighted by molar-refractivity contribution is -0.384. The highest BCUT2D eigenvalue weighted by Crippen LogP contribution is 2.32. The predicted molar refractivity (Wildman–Crippen MR) is 72.7 cm³/mol. The Hall–Kier alpha value is -2.76. The summed E-state index contributed by atoms with van der Waals surface area (Å²) in [5.41, 5.74) is 2.04. The lowest BCUT2D eigenvalue weighted by Crippen LogP contribution is -2.28. The molecule has 0 saturated heterocycles. The van der Waals surface area contributed by atoms with E-state index in [0.29, 0.717) is 24.2 Å². The predicted octanol–water partition coefficient (Wildman–Crippen LogP) is 2.19. The smallest absolute Gasteiger partial charge is 0.271 e. The van der Waals surface area contributed by atoms with Crippen LogP contribution in [0.15, 0.2) is 42.7 Å². The molecule has 1 aromatic heterocycles. The van der Waals surface area contributed by atoms with Crippen molar-refractivity contribution >= 4 is 17.3 Å². The van der Waals surface area contributed by atoms with Crippen molar-refractivity contribution in [3.8, 4) is 0 Å². The van der Waals surface area contributed by atoms with Crippen molar-refractivity contribution in [1.29, 1.82) is 0 Å². The molecule has 0 N–H and O–H groups in total. The fraction of sp³-hybridized carbons (Fsp3) is 0.143. The van der Waals surface area contributed by atoms with Crippen LogP contribution in [-0.4, -0.2) is 22.4 Å². The van der Waals surface area contributed by atoms with Gasteiger partial charge in [0.2, 0.25) is 0 Å². The zero-order valence-electron chi connectivity index (χ0n) is 10.5. The summed E-state index contributed by atoms with van der Waals surface area (Å²) in [7, 11) is 0. The normalized spacial score (nSPS) is 13.1. The van der Waals surface area contributed by atoms with Gasteiger partial charge in [0.1, 0.15) is 0 Å². The third-order valence-corrected chi connectivity index (χ3v) is 3.33. The Kier molecular flexibility index (Phi) is 2.90. The summed E-state index contributed by atoms with van der Waals surface area (Å²) >= 11 is 0. The Morgan fingerprint density at radius 2 is 2.20 bits per heavy atom. The standard InChI is InChI=1S/C14H11N3O3/c18-14(11-2-1-6-15-9-11)16-7-5-10-3-4-12(17(19)20)8-13(10)16/h1-4,6,8-9H,5,7H2. The van der Waals surface area contributed by atoms with Gasteiger partial charge in [-0.3, -0.25) is 19.9 Å². The molecule has 0 saturated carbocycles. The van der Waals surface area contributed by atoms with Crippen molar-refractivity contribution in [2.75, 3.05) is 11.4 Å². The van der Waals surface area contributed by atoms with Crippen LogP contribution in [0.25, 0.3) is 0 Å². The monoisotopic (exact) mass is 269 g/mol.